The number of amides is 3. The summed E-state index contributed by atoms with van der Waals surface area (Å²) in [7, 11) is 0. The fraction of sp³-hybridized carbons (Fsp3) is 0.333. The molecule has 0 aromatic heterocycles. The summed E-state index contributed by atoms with van der Waals surface area (Å²) < 4.78 is 0.570. The van der Waals surface area contributed by atoms with Gasteiger partial charge in [-0.2, -0.15) is 0 Å². The maximum absolute atomic E-state index is 12.7. The molecule has 0 radical (unpaired) electrons. The van der Waals surface area contributed by atoms with E-state index in [9.17, 15) is 14.4 Å². The normalized spacial score (nSPS) is 15.5. The van der Waals surface area contributed by atoms with Crippen LogP contribution in [0.25, 0.3) is 0 Å². The van der Waals surface area contributed by atoms with Crippen LogP contribution in [-0.4, -0.2) is 45.3 Å². The molecule has 3 amide bonds. The molecular formula is C24H26ClN3O3S2. The first kappa shape index (κ1) is 25.2. The van der Waals surface area contributed by atoms with E-state index in [1.54, 1.807) is 41.3 Å². The van der Waals surface area contributed by atoms with Gasteiger partial charge >= 0.3 is 0 Å². The molecule has 0 saturated carbocycles. The molecule has 3 rings (SSSR count). The lowest BCUT2D eigenvalue weighted by molar-refractivity contribution is -0.126. The zero-order valence-electron chi connectivity index (χ0n) is 18.1. The number of unbranched alkanes of at least 4 members (excludes halogenated alkanes) is 1. The van der Waals surface area contributed by atoms with Crippen molar-refractivity contribution in [2.45, 2.75) is 37.4 Å². The molecule has 33 heavy (non-hydrogen) atoms. The Labute approximate surface area is 208 Å². The van der Waals surface area contributed by atoms with Crippen LogP contribution >= 0.6 is 35.6 Å². The molecule has 1 saturated heterocycles. The van der Waals surface area contributed by atoms with E-state index >= 15 is 0 Å². The largest absolute Gasteiger partial charge is 0.352 e. The van der Waals surface area contributed by atoms with Crippen molar-refractivity contribution in [1.29, 1.82) is 0 Å². The Morgan fingerprint density at radius 2 is 1.76 bits per heavy atom. The van der Waals surface area contributed by atoms with Gasteiger partial charge in [0.05, 0.1) is 5.25 Å². The minimum Gasteiger partial charge on any atom is -0.352 e. The molecule has 174 valence electrons. The number of carbonyl (C=O) groups is 3. The van der Waals surface area contributed by atoms with Crippen LogP contribution in [-0.2, 0) is 9.59 Å². The number of rotatable bonds is 11. The Hall–Kier alpha value is -2.42. The van der Waals surface area contributed by atoms with E-state index in [1.165, 1.54) is 11.8 Å². The Balaban J connectivity index is 1.32. The minimum atomic E-state index is -0.190. The second kappa shape index (κ2) is 12.7. The molecule has 1 fully saturated rings. The lowest BCUT2D eigenvalue weighted by atomic mass is 10.1. The first-order valence-electron chi connectivity index (χ1n) is 10.8. The van der Waals surface area contributed by atoms with Crippen molar-refractivity contribution < 1.29 is 14.4 Å². The minimum absolute atomic E-state index is 0.0106. The van der Waals surface area contributed by atoms with Gasteiger partial charge in [0.15, 0.2) is 0 Å². The molecule has 1 aliphatic heterocycles. The van der Waals surface area contributed by atoms with Gasteiger partial charge in [-0.05, 0) is 55.7 Å². The number of halogens is 1. The van der Waals surface area contributed by atoms with Crippen LogP contribution < -0.4 is 10.6 Å². The average Bonchev–Trinajstić information content (AvgIpc) is 3.08. The Kier molecular flexibility index (Phi) is 9.72. The zero-order chi connectivity index (χ0) is 23.6. The number of benzene rings is 2. The second-order valence-corrected chi connectivity index (χ2v) is 9.91. The quantitative estimate of drug-likeness (QED) is 0.337. The molecule has 0 bridgehead atoms. The van der Waals surface area contributed by atoms with Crippen molar-refractivity contribution in [3.05, 3.63) is 65.2 Å². The van der Waals surface area contributed by atoms with Crippen molar-refractivity contribution in [3.63, 3.8) is 0 Å². The van der Waals surface area contributed by atoms with Crippen LogP contribution in [0.3, 0.4) is 0 Å². The van der Waals surface area contributed by atoms with Crippen LogP contribution in [0.2, 0.25) is 5.02 Å². The first-order chi connectivity index (χ1) is 15.9. The van der Waals surface area contributed by atoms with Gasteiger partial charge in [-0.15, -0.1) is 0 Å². The number of nitrogens with zero attached hydrogens (tertiary/aromatic N) is 1. The standard InChI is InChI=1S/C24H26ClN3O3S2/c25-18-11-13-19(14-12-18)27-21(29)10-6-16-28-23(31)20(33-24(28)32)9-4-5-15-26-22(30)17-7-2-1-3-8-17/h1-3,7-8,11-14,20H,4-6,9-10,15-16H2,(H,26,30)(H,27,29). The van der Waals surface area contributed by atoms with Gasteiger partial charge in [0.25, 0.3) is 5.91 Å². The number of hydrogen-bond donors (Lipinski definition) is 2. The van der Waals surface area contributed by atoms with Gasteiger partial charge in [-0.3, -0.25) is 19.3 Å². The molecule has 2 aromatic carbocycles. The lowest BCUT2D eigenvalue weighted by Crippen LogP contribution is -2.32. The smallest absolute Gasteiger partial charge is 0.251 e. The Bertz CT molecular complexity index is 986. The van der Waals surface area contributed by atoms with Crippen molar-refractivity contribution >= 4 is 63.3 Å². The third kappa shape index (κ3) is 7.84. The molecule has 0 spiro atoms. The monoisotopic (exact) mass is 503 g/mol. The summed E-state index contributed by atoms with van der Waals surface area (Å²) in [6, 6.07) is 16.0. The van der Waals surface area contributed by atoms with Gasteiger partial charge in [0.1, 0.15) is 4.32 Å². The summed E-state index contributed by atoms with van der Waals surface area (Å²) >= 11 is 12.6. The van der Waals surface area contributed by atoms with Crippen LogP contribution in [0.5, 0.6) is 0 Å². The molecule has 6 nitrogen and oxygen atoms in total. The maximum Gasteiger partial charge on any atom is 0.251 e. The number of nitrogens with one attached hydrogen (secondary N) is 2. The van der Waals surface area contributed by atoms with Gasteiger partial charge in [-0.1, -0.05) is 60.2 Å². The van der Waals surface area contributed by atoms with Gasteiger partial charge in [-0.25, -0.2) is 0 Å². The highest BCUT2D eigenvalue weighted by Crippen LogP contribution is 2.31. The summed E-state index contributed by atoms with van der Waals surface area (Å²) in [6.07, 6.45) is 3.15. The molecule has 1 unspecified atom stereocenters. The van der Waals surface area contributed by atoms with Gasteiger partial charge in [0.2, 0.25) is 11.8 Å². The molecule has 1 atom stereocenters. The van der Waals surface area contributed by atoms with Crippen molar-refractivity contribution in [3.8, 4) is 0 Å². The van der Waals surface area contributed by atoms with E-state index in [2.05, 4.69) is 10.6 Å². The van der Waals surface area contributed by atoms with Crippen molar-refractivity contribution in [1.82, 2.24) is 10.2 Å². The Morgan fingerprint density at radius 3 is 2.48 bits per heavy atom. The molecule has 9 heteroatoms. The number of thiocarbonyl (C=S) groups is 1. The van der Waals surface area contributed by atoms with Crippen LogP contribution in [0.15, 0.2) is 54.6 Å². The number of anilines is 1. The topological polar surface area (TPSA) is 78.5 Å². The third-order valence-corrected chi connectivity index (χ3v) is 7.04. The first-order valence-corrected chi connectivity index (χ1v) is 12.5. The highest BCUT2D eigenvalue weighted by Gasteiger charge is 2.35. The molecular weight excluding hydrogens is 478 g/mol. The fourth-order valence-corrected chi connectivity index (χ4v) is 5.11. The predicted octanol–water partition coefficient (Wildman–Crippen LogP) is 4.89. The van der Waals surface area contributed by atoms with Crippen molar-refractivity contribution in [2.24, 2.45) is 0 Å². The molecule has 2 N–H and O–H groups in total. The average molecular weight is 504 g/mol. The van der Waals surface area contributed by atoms with E-state index in [-0.39, 0.29) is 23.0 Å². The molecule has 0 aliphatic carbocycles. The fourth-order valence-electron chi connectivity index (χ4n) is 3.39. The molecule has 2 aromatic rings. The van der Waals surface area contributed by atoms with Gasteiger partial charge in [0, 0.05) is 35.8 Å². The highest BCUT2D eigenvalue weighted by molar-refractivity contribution is 8.24. The van der Waals surface area contributed by atoms with Crippen LogP contribution in [0, 0.1) is 0 Å². The van der Waals surface area contributed by atoms with Gasteiger partial charge < -0.3 is 10.6 Å². The predicted molar refractivity (Wildman–Crippen MR) is 138 cm³/mol. The second-order valence-electron chi connectivity index (χ2n) is 7.64. The summed E-state index contributed by atoms with van der Waals surface area (Å²) in [4.78, 5) is 38.5. The third-order valence-electron chi connectivity index (χ3n) is 5.13. The van der Waals surface area contributed by atoms with E-state index in [1.807, 2.05) is 18.2 Å². The highest BCUT2D eigenvalue weighted by atomic mass is 35.5. The maximum atomic E-state index is 12.7. The molecule has 1 aliphatic rings. The van der Waals surface area contributed by atoms with E-state index in [0.717, 1.165) is 12.8 Å². The van der Waals surface area contributed by atoms with E-state index in [4.69, 9.17) is 23.8 Å². The summed E-state index contributed by atoms with van der Waals surface area (Å²) in [5, 5.41) is 6.13. The van der Waals surface area contributed by atoms with E-state index < -0.39 is 0 Å². The van der Waals surface area contributed by atoms with Crippen LogP contribution in [0.1, 0.15) is 42.5 Å². The summed E-state index contributed by atoms with van der Waals surface area (Å²) in [5.41, 5.74) is 1.33. The summed E-state index contributed by atoms with van der Waals surface area (Å²) in [6.45, 7) is 0.999. The Morgan fingerprint density at radius 1 is 1.03 bits per heavy atom. The number of carbonyl (C=O) groups excluding carboxylic acids is 3. The summed E-state index contributed by atoms with van der Waals surface area (Å²) in [5.74, 6) is -0.192. The lowest BCUT2D eigenvalue weighted by Gasteiger charge is -2.15. The molecule has 1 heterocycles. The zero-order valence-corrected chi connectivity index (χ0v) is 20.5. The van der Waals surface area contributed by atoms with E-state index in [0.29, 0.717) is 52.9 Å². The number of thioether (sulfide) groups is 1. The SMILES string of the molecule is O=C(CCCN1C(=O)C(CCCCNC(=O)c2ccccc2)SC1=S)Nc1ccc(Cl)cc1. The number of hydrogen-bond acceptors (Lipinski definition) is 5. The van der Waals surface area contributed by atoms with Crippen LogP contribution in [0.4, 0.5) is 5.69 Å². The van der Waals surface area contributed by atoms with Crippen molar-refractivity contribution in [2.75, 3.05) is 18.4 Å².